The number of aromatic nitrogens is 3. The first kappa shape index (κ1) is 18.1. The molecule has 1 aliphatic heterocycles. The molecule has 1 aromatic carbocycles. The van der Waals surface area contributed by atoms with Crippen LogP contribution in [0.5, 0.6) is 5.75 Å². The van der Waals surface area contributed by atoms with Crippen molar-refractivity contribution < 1.29 is 9.53 Å². The lowest BCUT2D eigenvalue weighted by Gasteiger charge is -2.39. The second kappa shape index (κ2) is 7.01. The molecular weight excluding hydrogens is 428 g/mol. The van der Waals surface area contributed by atoms with Gasteiger partial charge in [0.05, 0.1) is 24.3 Å². The third-order valence-electron chi connectivity index (χ3n) is 4.08. The summed E-state index contributed by atoms with van der Waals surface area (Å²) >= 11 is 4.90. The molecule has 6 nitrogen and oxygen atoms in total. The van der Waals surface area contributed by atoms with Gasteiger partial charge in [0, 0.05) is 22.2 Å². The highest BCUT2D eigenvalue weighted by Crippen LogP contribution is 2.39. The highest BCUT2D eigenvalue weighted by atomic mass is 79.9. The van der Waals surface area contributed by atoms with E-state index in [1.807, 2.05) is 37.4 Å². The highest BCUT2D eigenvalue weighted by Gasteiger charge is 2.35. The number of fused-ring (bicyclic) bond motifs is 1. The lowest BCUT2D eigenvalue weighted by Crippen LogP contribution is -2.49. The van der Waals surface area contributed by atoms with Crippen LogP contribution in [0.2, 0.25) is 0 Å². The van der Waals surface area contributed by atoms with Gasteiger partial charge in [0.15, 0.2) is 10.8 Å². The molecular formula is C19H17BrN4O2S. The Hall–Kier alpha value is -2.32. The molecule has 8 heteroatoms. The Morgan fingerprint density at radius 3 is 2.89 bits per heavy atom. The van der Waals surface area contributed by atoms with Gasteiger partial charge in [-0.25, -0.2) is 15.0 Å². The zero-order valence-corrected chi connectivity index (χ0v) is 17.2. The molecule has 0 fully saturated rings. The van der Waals surface area contributed by atoms with Crippen LogP contribution >= 0.6 is 27.3 Å². The summed E-state index contributed by atoms with van der Waals surface area (Å²) in [7, 11) is 0. The average Bonchev–Trinajstić information content (AvgIpc) is 3.09. The normalized spacial score (nSPS) is 15.1. The molecule has 27 heavy (non-hydrogen) atoms. The van der Waals surface area contributed by atoms with Crippen molar-refractivity contribution in [1.82, 2.24) is 15.0 Å². The van der Waals surface area contributed by atoms with Gasteiger partial charge in [0.2, 0.25) is 5.91 Å². The molecule has 2 aromatic heterocycles. The van der Waals surface area contributed by atoms with Gasteiger partial charge in [-0.3, -0.25) is 4.79 Å². The van der Waals surface area contributed by atoms with E-state index in [0.29, 0.717) is 23.1 Å². The van der Waals surface area contributed by atoms with Crippen molar-refractivity contribution >= 4 is 38.9 Å². The smallest absolute Gasteiger partial charge is 0.233 e. The first-order valence-electron chi connectivity index (χ1n) is 8.42. The molecule has 3 heterocycles. The topological polar surface area (TPSA) is 68.2 Å². The Kier molecular flexibility index (Phi) is 4.69. The van der Waals surface area contributed by atoms with E-state index in [1.165, 1.54) is 11.3 Å². The Balaban J connectivity index is 1.58. The maximum Gasteiger partial charge on any atom is 0.233 e. The first-order chi connectivity index (χ1) is 12.9. The zero-order chi connectivity index (χ0) is 19.0. The van der Waals surface area contributed by atoms with Gasteiger partial charge in [-0.05, 0) is 38.1 Å². The summed E-state index contributed by atoms with van der Waals surface area (Å²) in [6, 6.07) is 7.47. The van der Waals surface area contributed by atoms with Crippen LogP contribution in [0.4, 0.5) is 5.69 Å². The van der Waals surface area contributed by atoms with Crippen LogP contribution in [0.25, 0.3) is 10.8 Å². The summed E-state index contributed by atoms with van der Waals surface area (Å²) in [6.07, 6.45) is 3.58. The molecule has 0 N–H and O–H groups in total. The third kappa shape index (κ3) is 3.86. The number of rotatable bonds is 3. The Bertz CT molecular complexity index is 990. The monoisotopic (exact) mass is 444 g/mol. The lowest BCUT2D eigenvalue weighted by molar-refractivity contribution is -0.119. The summed E-state index contributed by atoms with van der Waals surface area (Å²) in [4.78, 5) is 27.8. The van der Waals surface area contributed by atoms with Gasteiger partial charge in [0.1, 0.15) is 11.4 Å². The van der Waals surface area contributed by atoms with Crippen LogP contribution in [0, 0.1) is 0 Å². The van der Waals surface area contributed by atoms with Crippen molar-refractivity contribution in [3.8, 4) is 16.6 Å². The fourth-order valence-corrected chi connectivity index (χ4v) is 4.07. The van der Waals surface area contributed by atoms with Gasteiger partial charge in [-0.2, -0.15) is 0 Å². The Morgan fingerprint density at radius 1 is 1.33 bits per heavy atom. The van der Waals surface area contributed by atoms with E-state index in [9.17, 15) is 4.79 Å². The number of nitrogens with zero attached hydrogens (tertiary/aromatic N) is 4. The molecule has 0 saturated carbocycles. The molecule has 0 spiro atoms. The molecule has 3 aromatic rings. The van der Waals surface area contributed by atoms with Gasteiger partial charge < -0.3 is 9.64 Å². The fourth-order valence-electron chi connectivity index (χ4n) is 2.96. The summed E-state index contributed by atoms with van der Waals surface area (Å²) in [5, 5.41) is 2.60. The van der Waals surface area contributed by atoms with Gasteiger partial charge in [0.25, 0.3) is 0 Å². The number of hydrogen-bond acceptors (Lipinski definition) is 6. The molecule has 0 atom stereocenters. The van der Waals surface area contributed by atoms with Crippen LogP contribution in [-0.2, 0) is 11.2 Å². The van der Waals surface area contributed by atoms with Gasteiger partial charge in [-0.15, -0.1) is 11.3 Å². The van der Waals surface area contributed by atoms with Gasteiger partial charge >= 0.3 is 0 Å². The van der Waals surface area contributed by atoms with E-state index >= 15 is 0 Å². The molecule has 0 saturated heterocycles. The number of anilines is 1. The van der Waals surface area contributed by atoms with E-state index in [-0.39, 0.29) is 12.3 Å². The van der Waals surface area contributed by atoms with Crippen molar-refractivity contribution in [3.63, 3.8) is 0 Å². The van der Waals surface area contributed by atoms with E-state index in [2.05, 4.69) is 30.9 Å². The molecule has 4 rings (SSSR count). The van der Waals surface area contributed by atoms with Gasteiger partial charge in [-0.1, -0.05) is 15.9 Å². The number of carbonyl (C=O) groups excluding carboxylic acids is 1. The number of hydrogen-bond donors (Lipinski definition) is 0. The zero-order valence-electron chi connectivity index (χ0n) is 14.8. The van der Waals surface area contributed by atoms with E-state index in [4.69, 9.17) is 4.74 Å². The maximum atomic E-state index is 13.0. The molecule has 1 aliphatic rings. The minimum atomic E-state index is -0.464. The lowest BCUT2D eigenvalue weighted by atomic mass is 10.0. The number of ether oxygens (including phenoxy) is 1. The standard InChI is InChI=1S/C19H17BrN4O2S/c1-19(2)11-24(14-5-4-12(20)8-15(14)26-19)16(25)9-13-10-27-18(23-13)17-21-6-3-7-22-17/h3-8,10H,9,11H2,1-2H3. The predicted octanol–water partition coefficient (Wildman–Crippen LogP) is 4.11. The number of halogens is 1. The van der Waals surface area contributed by atoms with Crippen LogP contribution in [0.3, 0.4) is 0 Å². The van der Waals surface area contributed by atoms with E-state index < -0.39 is 5.60 Å². The van der Waals surface area contributed by atoms with Crippen molar-refractivity contribution in [3.05, 3.63) is 52.2 Å². The van der Waals surface area contributed by atoms with Crippen molar-refractivity contribution in [2.75, 3.05) is 11.4 Å². The number of thiazole rings is 1. The van der Waals surface area contributed by atoms with Crippen molar-refractivity contribution in [1.29, 1.82) is 0 Å². The van der Waals surface area contributed by atoms with E-state index in [0.717, 1.165) is 15.9 Å². The minimum Gasteiger partial charge on any atom is -0.484 e. The number of benzene rings is 1. The predicted molar refractivity (Wildman–Crippen MR) is 108 cm³/mol. The molecule has 0 aliphatic carbocycles. The van der Waals surface area contributed by atoms with Crippen LogP contribution in [0.1, 0.15) is 19.5 Å². The third-order valence-corrected chi connectivity index (χ3v) is 5.46. The summed E-state index contributed by atoms with van der Waals surface area (Å²) in [5.41, 5.74) is 1.04. The van der Waals surface area contributed by atoms with Crippen LogP contribution < -0.4 is 9.64 Å². The van der Waals surface area contributed by atoms with Crippen LogP contribution in [-0.4, -0.2) is 33.0 Å². The average molecular weight is 445 g/mol. The molecule has 0 radical (unpaired) electrons. The highest BCUT2D eigenvalue weighted by molar-refractivity contribution is 9.10. The van der Waals surface area contributed by atoms with Crippen molar-refractivity contribution in [2.45, 2.75) is 25.9 Å². The molecule has 1 amide bonds. The van der Waals surface area contributed by atoms with Crippen LogP contribution in [0.15, 0.2) is 46.5 Å². The molecule has 0 bridgehead atoms. The number of carbonyl (C=O) groups is 1. The first-order valence-corrected chi connectivity index (χ1v) is 10.1. The summed E-state index contributed by atoms with van der Waals surface area (Å²) in [5.74, 6) is 1.26. The minimum absolute atomic E-state index is 0.0132. The summed E-state index contributed by atoms with van der Waals surface area (Å²) < 4.78 is 6.95. The second-order valence-electron chi connectivity index (χ2n) is 6.85. The largest absolute Gasteiger partial charge is 0.484 e. The summed E-state index contributed by atoms with van der Waals surface area (Å²) in [6.45, 7) is 4.44. The molecule has 0 unspecified atom stereocenters. The second-order valence-corrected chi connectivity index (χ2v) is 8.62. The quantitative estimate of drug-likeness (QED) is 0.607. The molecule has 138 valence electrons. The number of amides is 1. The fraction of sp³-hybridized carbons (Fsp3) is 0.263. The van der Waals surface area contributed by atoms with Crippen molar-refractivity contribution in [2.24, 2.45) is 0 Å². The SMILES string of the molecule is CC1(C)CN(C(=O)Cc2csc(-c3ncccn3)n2)c2ccc(Br)cc2O1. The Morgan fingerprint density at radius 2 is 2.11 bits per heavy atom. The maximum absolute atomic E-state index is 13.0. The van der Waals surface area contributed by atoms with E-state index in [1.54, 1.807) is 23.4 Å². The Labute approximate surface area is 169 Å².